The molecule has 174 valence electrons. The summed E-state index contributed by atoms with van der Waals surface area (Å²) in [5.41, 5.74) is 0.297. The number of carbonyl (C=O) groups is 4. The van der Waals surface area contributed by atoms with E-state index in [2.05, 4.69) is 0 Å². The van der Waals surface area contributed by atoms with Gasteiger partial charge in [0.25, 0.3) is 0 Å². The number of nitrogens with zero attached hydrogens (tertiary/aromatic N) is 1. The molecule has 0 unspecified atom stereocenters. The molecule has 3 aromatic rings. The van der Waals surface area contributed by atoms with Gasteiger partial charge in [-0.3, -0.25) is 19.2 Å². The van der Waals surface area contributed by atoms with Crippen molar-refractivity contribution in [3.05, 3.63) is 95.1 Å². The van der Waals surface area contributed by atoms with Gasteiger partial charge in [0, 0.05) is 17.2 Å². The van der Waals surface area contributed by atoms with Gasteiger partial charge in [0.1, 0.15) is 5.75 Å². The number of ether oxygens (including phenoxy) is 2. The molecule has 0 bridgehead atoms. The topological polar surface area (TPSA) is 90.0 Å². The maximum atomic E-state index is 13.9. The van der Waals surface area contributed by atoms with Crippen molar-refractivity contribution in [2.24, 2.45) is 11.8 Å². The number of Topliss-reactive ketones (excluding diaryl/α,β-unsaturated/α-hetero) is 2. The maximum absolute atomic E-state index is 13.9. The van der Waals surface area contributed by atoms with Gasteiger partial charge >= 0.3 is 0 Å². The predicted octanol–water partition coefficient (Wildman–Crippen LogP) is 3.70. The molecule has 35 heavy (non-hydrogen) atoms. The summed E-state index contributed by atoms with van der Waals surface area (Å²) in [4.78, 5) is 56.3. The molecular weight excluding hydrogens is 446 g/mol. The third-order valence-corrected chi connectivity index (χ3v) is 7.24. The lowest BCUT2D eigenvalue weighted by atomic mass is 9.77. The first-order valence-corrected chi connectivity index (χ1v) is 11.3. The van der Waals surface area contributed by atoms with Crippen LogP contribution in [0.3, 0.4) is 0 Å². The zero-order valence-electron chi connectivity index (χ0n) is 19.1. The molecule has 6 rings (SSSR count). The van der Waals surface area contributed by atoms with E-state index in [1.165, 1.54) is 7.11 Å². The van der Waals surface area contributed by atoms with Crippen LogP contribution in [0.4, 0.5) is 5.69 Å². The SMILES string of the molecule is COc1cccc(N2C(=O)[C@H]3[C@@H](c4ccc(C)cc4)OC4(C(=O)c5ccccc5C4=O)[C@@H]3C2=O)c1. The quantitative estimate of drug-likeness (QED) is 0.431. The van der Waals surface area contributed by atoms with E-state index in [-0.39, 0.29) is 11.1 Å². The number of amides is 2. The van der Waals surface area contributed by atoms with E-state index in [4.69, 9.17) is 9.47 Å². The van der Waals surface area contributed by atoms with Crippen LogP contribution in [-0.2, 0) is 14.3 Å². The summed E-state index contributed by atoms with van der Waals surface area (Å²) in [7, 11) is 1.49. The van der Waals surface area contributed by atoms with Gasteiger partial charge in [-0.15, -0.1) is 0 Å². The van der Waals surface area contributed by atoms with E-state index < -0.39 is 46.9 Å². The standard InChI is InChI=1S/C28H21NO6/c1-15-10-12-16(13-11-15)23-21-22(27(33)29(26(21)32)17-6-5-7-18(14-17)34-2)28(35-23)24(30)19-8-3-4-9-20(19)25(28)31/h3-14,21-23H,1-2H3/t21-,22+,23-/m1/s1. The second-order valence-corrected chi connectivity index (χ2v) is 9.11. The molecule has 2 amide bonds. The summed E-state index contributed by atoms with van der Waals surface area (Å²) in [6, 6.07) is 20.4. The Hall–Kier alpha value is -4.10. The molecule has 7 heteroatoms. The molecule has 1 aliphatic carbocycles. The van der Waals surface area contributed by atoms with Gasteiger partial charge in [0.05, 0.1) is 30.7 Å². The Kier molecular flexibility index (Phi) is 4.56. The predicted molar refractivity (Wildman–Crippen MR) is 125 cm³/mol. The Morgan fingerprint density at radius 2 is 1.49 bits per heavy atom. The number of carbonyl (C=O) groups excluding carboxylic acids is 4. The number of hydrogen-bond donors (Lipinski definition) is 0. The first kappa shape index (κ1) is 21.4. The minimum atomic E-state index is -2.08. The number of imide groups is 1. The number of anilines is 1. The molecule has 1 spiro atoms. The first-order valence-electron chi connectivity index (χ1n) is 11.3. The largest absolute Gasteiger partial charge is 0.497 e. The number of hydrogen-bond acceptors (Lipinski definition) is 6. The van der Waals surface area contributed by atoms with E-state index >= 15 is 0 Å². The average Bonchev–Trinajstić information content (AvgIpc) is 3.44. The van der Waals surface area contributed by atoms with Crippen LogP contribution in [0.1, 0.15) is 37.9 Å². The molecule has 2 aliphatic heterocycles. The number of rotatable bonds is 3. The highest BCUT2D eigenvalue weighted by atomic mass is 16.5. The minimum absolute atomic E-state index is 0.209. The average molecular weight is 467 g/mol. The minimum Gasteiger partial charge on any atom is -0.497 e. The molecule has 3 aromatic carbocycles. The highest BCUT2D eigenvalue weighted by molar-refractivity contribution is 6.37. The number of aryl methyl sites for hydroxylation is 1. The van der Waals surface area contributed by atoms with Gasteiger partial charge in [-0.05, 0) is 24.6 Å². The van der Waals surface area contributed by atoms with Gasteiger partial charge < -0.3 is 9.47 Å². The summed E-state index contributed by atoms with van der Waals surface area (Å²) in [5.74, 6) is -4.11. The zero-order valence-corrected chi connectivity index (χ0v) is 19.1. The van der Waals surface area contributed by atoms with E-state index in [0.29, 0.717) is 17.0 Å². The molecule has 2 heterocycles. The Morgan fingerprint density at radius 3 is 2.11 bits per heavy atom. The van der Waals surface area contributed by atoms with Crippen LogP contribution >= 0.6 is 0 Å². The third-order valence-electron chi connectivity index (χ3n) is 7.24. The summed E-state index contributed by atoms with van der Waals surface area (Å²) in [5, 5.41) is 0. The molecule has 0 aromatic heterocycles. The van der Waals surface area contributed by atoms with Crippen molar-refractivity contribution in [1.82, 2.24) is 0 Å². The fourth-order valence-corrected chi connectivity index (χ4v) is 5.58. The van der Waals surface area contributed by atoms with Gasteiger partial charge in [-0.1, -0.05) is 60.2 Å². The van der Waals surface area contributed by atoms with Gasteiger partial charge in [0.15, 0.2) is 0 Å². The Balaban J connectivity index is 1.54. The molecule has 3 atom stereocenters. The van der Waals surface area contributed by atoms with E-state index in [1.54, 1.807) is 60.7 Å². The van der Waals surface area contributed by atoms with E-state index in [1.807, 2.05) is 19.1 Å². The summed E-state index contributed by atoms with van der Waals surface area (Å²) < 4.78 is 11.6. The lowest BCUT2D eigenvalue weighted by molar-refractivity contribution is -0.127. The Bertz CT molecular complexity index is 1390. The van der Waals surface area contributed by atoms with Crippen LogP contribution in [0.2, 0.25) is 0 Å². The highest BCUT2D eigenvalue weighted by Crippen LogP contribution is 2.57. The van der Waals surface area contributed by atoms with Crippen molar-refractivity contribution in [3.63, 3.8) is 0 Å². The van der Waals surface area contributed by atoms with Gasteiger partial charge in [-0.2, -0.15) is 0 Å². The second-order valence-electron chi connectivity index (χ2n) is 9.11. The normalized spacial score (nSPS) is 24.3. The number of benzene rings is 3. The van der Waals surface area contributed by atoms with Crippen molar-refractivity contribution >= 4 is 29.1 Å². The van der Waals surface area contributed by atoms with E-state index in [9.17, 15) is 19.2 Å². The molecule has 3 aliphatic rings. The lowest BCUT2D eigenvalue weighted by Crippen LogP contribution is -2.51. The van der Waals surface area contributed by atoms with E-state index in [0.717, 1.165) is 10.5 Å². The van der Waals surface area contributed by atoms with Crippen LogP contribution in [0.25, 0.3) is 0 Å². The molecule has 0 radical (unpaired) electrons. The van der Waals surface area contributed by atoms with Crippen LogP contribution < -0.4 is 9.64 Å². The molecule has 0 N–H and O–H groups in total. The van der Waals surface area contributed by atoms with Crippen LogP contribution in [0, 0.1) is 18.8 Å². The van der Waals surface area contributed by atoms with Crippen molar-refractivity contribution in [2.45, 2.75) is 18.6 Å². The summed E-state index contributed by atoms with van der Waals surface area (Å²) >= 11 is 0. The first-order chi connectivity index (χ1) is 16.9. The van der Waals surface area contributed by atoms with Crippen LogP contribution in [-0.4, -0.2) is 36.1 Å². The third kappa shape index (κ3) is 2.76. The smallest absolute Gasteiger partial charge is 0.241 e. The number of ketones is 2. The number of methoxy groups -OCH3 is 1. The highest BCUT2D eigenvalue weighted by Gasteiger charge is 2.74. The molecule has 0 saturated carbocycles. The molecular formula is C28H21NO6. The summed E-state index contributed by atoms with van der Waals surface area (Å²) in [6.45, 7) is 1.93. The molecule has 2 fully saturated rings. The monoisotopic (exact) mass is 467 g/mol. The van der Waals surface area contributed by atoms with Crippen molar-refractivity contribution < 1.29 is 28.7 Å². The zero-order chi connectivity index (χ0) is 24.5. The maximum Gasteiger partial charge on any atom is 0.241 e. The Morgan fingerprint density at radius 1 is 0.829 bits per heavy atom. The molecule has 2 saturated heterocycles. The Labute approximate surface area is 201 Å². The van der Waals surface area contributed by atoms with Crippen molar-refractivity contribution in [3.8, 4) is 5.75 Å². The summed E-state index contributed by atoms with van der Waals surface area (Å²) in [6.07, 6.45) is -0.935. The fourth-order valence-electron chi connectivity index (χ4n) is 5.58. The lowest BCUT2D eigenvalue weighted by Gasteiger charge is -2.27. The van der Waals surface area contributed by atoms with Crippen LogP contribution in [0.15, 0.2) is 72.8 Å². The van der Waals surface area contributed by atoms with Crippen LogP contribution in [0.5, 0.6) is 5.75 Å². The van der Waals surface area contributed by atoms with Gasteiger partial charge in [0.2, 0.25) is 29.0 Å². The van der Waals surface area contributed by atoms with Crippen molar-refractivity contribution in [2.75, 3.05) is 12.0 Å². The second kappa shape index (κ2) is 7.45. The number of fused-ring (bicyclic) bond motifs is 3. The fraction of sp³-hybridized carbons (Fsp3) is 0.214. The van der Waals surface area contributed by atoms with Gasteiger partial charge in [-0.25, -0.2) is 4.90 Å². The molecule has 7 nitrogen and oxygen atoms in total. The van der Waals surface area contributed by atoms with Crippen molar-refractivity contribution in [1.29, 1.82) is 0 Å².